The number of aryl methyl sites for hydroxylation is 1. The summed E-state index contributed by atoms with van der Waals surface area (Å²) < 4.78 is 4.54. The number of carbonyl (C=O) groups is 1. The van der Waals surface area contributed by atoms with E-state index in [0.29, 0.717) is 5.69 Å². The van der Waals surface area contributed by atoms with Crippen molar-refractivity contribution in [1.82, 2.24) is 4.98 Å². The molecule has 1 heterocycles. The molecule has 1 aromatic rings. The van der Waals surface area contributed by atoms with Gasteiger partial charge in [-0.3, -0.25) is 4.79 Å². The van der Waals surface area contributed by atoms with Crippen LogP contribution in [0.15, 0.2) is 12.3 Å². The number of aromatic nitrogens is 1. The van der Waals surface area contributed by atoms with Gasteiger partial charge in [0.25, 0.3) is 0 Å². The lowest BCUT2D eigenvalue weighted by molar-refractivity contribution is -0.139. The van der Waals surface area contributed by atoms with Crippen molar-refractivity contribution in [3.05, 3.63) is 29.1 Å². The highest BCUT2D eigenvalue weighted by molar-refractivity contribution is 5.72. The van der Waals surface area contributed by atoms with Crippen LogP contribution in [0.5, 0.6) is 0 Å². The zero-order valence-electron chi connectivity index (χ0n) is 8.07. The third-order valence-corrected chi connectivity index (χ3v) is 1.89. The lowest BCUT2D eigenvalue weighted by Crippen LogP contribution is -2.06. The number of pyridine rings is 1. The molecule has 1 rings (SSSR count). The van der Waals surface area contributed by atoms with Gasteiger partial charge in [0.05, 0.1) is 13.5 Å². The van der Waals surface area contributed by atoms with Gasteiger partial charge in [-0.15, -0.1) is 0 Å². The summed E-state index contributed by atoms with van der Waals surface area (Å²) in [6, 6.07) is 3.53. The summed E-state index contributed by atoms with van der Waals surface area (Å²) in [6.07, 6.45) is 1.76. The summed E-state index contributed by atoms with van der Waals surface area (Å²) in [7, 11) is 1.34. The molecule has 0 radical (unpaired) electrons. The molecule has 0 N–H and O–H groups in total. The predicted molar refractivity (Wildman–Crippen MR) is 49.4 cm³/mol. The molecule has 0 aliphatic rings. The highest BCUT2D eigenvalue weighted by Gasteiger charge is 2.07. The van der Waals surface area contributed by atoms with Crippen LogP contribution in [0.3, 0.4) is 0 Å². The van der Waals surface area contributed by atoms with Gasteiger partial charge in [0, 0.05) is 6.20 Å². The third-order valence-electron chi connectivity index (χ3n) is 1.89. The minimum Gasteiger partial charge on any atom is -0.469 e. The number of esters is 1. The Morgan fingerprint density at radius 3 is 3.00 bits per heavy atom. The Kier molecular flexibility index (Phi) is 3.19. The lowest BCUT2D eigenvalue weighted by atomic mass is 10.1. The first-order valence-corrected chi connectivity index (χ1v) is 4.10. The van der Waals surface area contributed by atoms with Crippen LogP contribution in [0.4, 0.5) is 0 Å². The van der Waals surface area contributed by atoms with E-state index < -0.39 is 0 Å². The van der Waals surface area contributed by atoms with E-state index in [1.165, 1.54) is 7.11 Å². The largest absolute Gasteiger partial charge is 0.469 e. The summed E-state index contributed by atoms with van der Waals surface area (Å²) in [6.45, 7) is 1.84. The van der Waals surface area contributed by atoms with Crippen LogP contribution >= 0.6 is 0 Å². The SMILES string of the molecule is COC(=O)Cc1cc(C#N)ncc1C. The second kappa shape index (κ2) is 4.38. The molecule has 0 atom stereocenters. The van der Waals surface area contributed by atoms with E-state index in [0.717, 1.165) is 11.1 Å². The number of hydrogen-bond donors (Lipinski definition) is 0. The standard InChI is InChI=1S/C10H10N2O2/c1-7-6-12-9(5-11)3-8(7)4-10(13)14-2/h3,6H,4H2,1-2H3. The molecule has 0 saturated carbocycles. The van der Waals surface area contributed by atoms with Crippen LogP contribution in [0.25, 0.3) is 0 Å². The minimum absolute atomic E-state index is 0.180. The van der Waals surface area contributed by atoms with Crippen molar-refractivity contribution in [3.8, 4) is 6.07 Å². The lowest BCUT2D eigenvalue weighted by Gasteiger charge is -2.03. The van der Waals surface area contributed by atoms with Crippen LogP contribution in [0, 0.1) is 18.3 Å². The number of nitriles is 1. The predicted octanol–water partition coefficient (Wildman–Crippen LogP) is 0.977. The van der Waals surface area contributed by atoms with Crippen molar-refractivity contribution < 1.29 is 9.53 Å². The second-order valence-electron chi connectivity index (χ2n) is 2.86. The van der Waals surface area contributed by atoms with E-state index in [1.54, 1.807) is 12.3 Å². The van der Waals surface area contributed by atoms with E-state index in [9.17, 15) is 4.79 Å². The number of hydrogen-bond acceptors (Lipinski definition) is 4. The first kappa shape index (κ1) is 10.2. The van der Waals surface area contributed by atoms with Crippen LogP contribution < -0.4 is 0 Å². The monoisotopic (exact) mass is 190 g/mol. The van der Waals surface area contributed by atoms with Gasteiger partial charge in [-0.05, 0) is 24.1 Å². The van der Waals surface area contributed by atoms with Crippen molar-refractivity contribution in [1.29, 1.82) is 5.26 Å². The molecular weight excluding hydrogens is 180 g/mol. The molecule has 1 aromatic heterocycles. The molecule has 0 unspecified atom stereocenters. The van der Waals surface area contributed by atoms with Crippen molar-refractivity contribution in [2.75, 3.05) is 7.11 Å². The van der Waals surface area contributed by atoms with Crippen molar-refractivity contribution in [3.63, 3.8) is 0 Å². The van der Waals surface area contributed by atoms with Gasteiger partial charge >= 0.3 is 5.97 Å². The van der Waals surface area contributed by atoms with E-state index in [2.05, 4.69) is 9.72 Å². The van der Waals surface area contributed by atoms with Gasteiger partial charge in [0.1, 0.15) is 11.8 Å². The molecule has 14 heavy (non-hydrogen) atoms. The third kappa shape index (κ3) is 2.30. The quantitative estimate of drug-likeness (QED) is 0.652. The first-order chi connectivity index (χ1) is 6.67. The second-order valence-corrected chi connectivity index (χ2v) is 2.86. The molecule has 0 aliphatic heterocycles. The Morgan fingerprint density at radius 1 is 1.71 bits per heavy atom. The summed E-state index contributed by atoms with van der Waals surface area (Å²) in [5.74, 6) is -0.316. The Balaban J connectivity index is 2.96. The Morgan fingerprint density at radius 2 is 2.43 bits per heavy atom. The number of nitrogens with zero attached hydrogens (tertiary/aromatic N) is 2. The molecule has 0 amide bonds. The van der Waals surface area contributed by atoms with Crippen LogP contribution in [-0.4, -0.2) is 18.1 Å². The minimum atomic E-state index is -0.316. The molecule has 72 valence electrons. The fraction of sp³-hybridized carbons (Fsp3) is 0.300. The van der Waals surface area contributed by atoms with Gasteiger partial charge in [-0.25, -0.2) is 4.98 Å². The van der Waals surface area contributed by atoms with Crippen LogP contribution in [0.2, 0.25) is 0 Å². The molecule has 4 nitrogen and oxygen atoms in total. The van der Waals surface area contributed by atoms with E-state index in [1.807, 2.05) is 13.0 Å². The van der Waals surface area contributed by atoms with Gasteiger partial charge in [-0.2, -0.15) is 5.26 Å². The smallest absolute Gasteiger partial charge is 0.309 e. The summed E-state index contributed by atoms with van der Waals surface area (Å²) in [4.78, 5) is 14.9. The van der Waals surface area contributed by atoms with Crippen LogP contribution in [-0.2, 0) is 16.0 Å². The Hall–Kier alpha value is -1.89. The molecule has 0 spiro atoms. The van der Waals surface area contributed by atoms with Crippen molar-refractivity contribution in [2.24, 2.45) is 0 Å². The maximum Gasteiger partial charge on any atom is 0.309 e. The molecule has 0 fully saturated rings. The number of ether oxygens (including phenoxy) is 1. The van der Waals surface area contributed by atoms with Gasteiger partial charge in [0.15, 0.2) is 0 Å². The fourth-order valence-electron chi connectivity index (χ4n) is 1.04. The summed E-state index contributed by atoms with van der Waals surface area (Å²) in [5.41, 5.74) is 1.98. The Bertz CT molecular complexity index is 394. The topological polar surface area (TPSA) is 63.0 Å². The van der Waals surface area contributed by atoms with Gasteiger partial charge in [-0.1, -0.05) is 0 Å². The zero-order valence-corrected chi connectivity index (χ0v) is 8.07. The molecular formula is C10H10N2O2. The fourth-order valence-corrected chi connectivity index (χ4v) is 1.04. The van der Waals surface area contributed by atoms with Crippen molar-refractivity contribution >= 4 is 5.97 Å². The molecule has 0 saturated heterocycles. The molecule has 4 heteroatoms. The molecule has 0 bridgehead atoms. The van der Waals surface area contributed by atoms with E-state index in [4.69, 9.17) is 5.26 Å². The molecule has 0 aliphatic carbocycles. The highest BCUT2D eigenvalue weighted by Crippen LogP contribution is 2.09. The summed E-state index contributed by atoms with van der Waals surface area (Å²) >= 11 is 0. The van der Waals surface area contributed by atoms with Gasteiger partial charge < -0.3 is 4.74 Å². The average Bonchev–Trinajstić information content (AvgIpc) is 2.21. The maximum absolute atomic E-state index is 11.0. The normalized spacial score (nSPS) is 9.21. The van der Waals surface area contributed by atoms with E-state index in [-0.39, 0.29) is 12.4 Å². The van der Waals surface area contributed by atoms with Crippen molar-refractivity contribution in [2.45, 2.75) is 13.3 Å². The van der Waals surface area contributed by atoms with E-state index >= 15 is 0 Å². The highest BCUT2D eigenvalue weighted by atomic mass is 16.5. The number of methoxy groups -OCH3 is 1. The number of rotatable bonds is 2. The summed E-state index contributed by atoms with van der Waals surface area (Å²) in [5, 5.41) is 8.62. The van der Waals surface area contributed by atoms with Gasteiger partial charge in [0.2, 0.25) is 0 Å². The zero-order chi connectivity index (χ0) is 10.6. The first-order valence-electron chi connectivity index (χ1n) is 4.10. The molecule has 0 aromatic carbocycles. The average molecular weight is 190 g/mol. The Labute approximate surface area is 82.1 Å². The maximum atomic E-state index is 11.0. The van der Waals surface area contributed by atoms with Crippen LogP contribution in [0.1, 0.15) is 16.8 Å². The number of carbonyl (C=O) groups excluding carboxylic acids is 1.